The van der Waals surface area contributed by atoms with Gasteiger partial charge in [-0.15, -0.1) is 16.8 Å². The van der Waals surface area contributed by atoms with Crippen molar-refractivity contribution < 1.29 is 14.3 Å². The maximum atomic E-state index is 13.5. The summed E-state index contributed by atoms with van der Waals surface area (Å²) in [5.74, 6) is 3.05. The zero-order valence-electron chi connectivity index (χ0n) is 19.5. The molecule has 5 rings (SSSR count). The van der Waals surface area contributed by atoms with Crippen LogP contribution in [-0.4, -0.2) is 46.2 Å². The van der Waals surface area contributed by atoms with E-state index in [-0.39, 0.29) is 11.7 Å². The highest BCUT2D eigenvalue weighted by Crippen LogP contribution is 2.40. The highest BCUT2D eigenvalue weighted by Gasteiger charge is 2.30. The topological polar surface area (TPSA) is 69.5 Å². The standard InChI is InChI=1S/C27H28N4O3S/c1-2-14-31-26(21-10-11-21)28-29-27(31)35-19-25(32)30(15-6-9-20-7-4-3-5-8-20)22-12-13-23-24(18-22)34-17-16-33-23/h2-9,12-13,18,21H,1,10-11,14-17,19H2/b9-6+. The predicted octanol–water partition coefficient (Wildman–Crippen LogP) is 4.95. The first-order chi connectivity index (χ1) is 17.2. The molecule has 1 aromatic heterocycles. The van der Waals surface area contributed by atoms with Crippen LogP contribution in [0.2, 0.25) is 0 Å². The molecule has 2 aromatic carbocycles. The molecule has 2 heterocycles. The van der Waals surface area contributed by atoms with Crippen molar-refractivity contribution in [3.8, 4) is 11.5 Å². The van der Waals surface area contributed by atoms with Gasteiger partial charge in [0.05, 0.1) is 5.75 Å². The quantitative estimate of drug-likeness (QED) is 0.297. The summed E-state index contributed by atoms with van der Waals surface area (Å²) in [5.41, 5.74) is 1.85. The molecule has 0 spiro atoms. The molecular formula is C27H28N4O3S. The predicted molar refractivity (Wildman–Crippen MR) is 138 cm³/mol. The third-order valence-electron chi connectivity index (χ3n) is 5.86. The average molecular weight is 489 g/mol. The van der Waals surface area contributed by atoms with Gasteiger partial charge in [0.25, 0.3) is 0 Å². The van der Waals surface area contributed by atoms with Crippen molar-refractivity contribution in [3.05, 3.63) is 78.6 Å². The van der Waals surface area contributed by atoms with Crippen LogP contribution in [0.4, 0.5) is 5.69 Å². The van der Waals surface area contributed by atoms with E-state index in [1.54, 1.807) is 4.90 Å². The number of thioether (sulfide) groups is 1. The Morgan fingerprint density at radius 1 is 1.11 bits per heavy atom. The van der Waals surface area contributed by atoms with Crippen LogP contribution in [0.5, 0.6) is 11.5 Å². The maximum absolute atomic E-state index is 13.5. The van der Waals surface area contributed by atoms with Crippen molar-refractivity contribution >= 4 is 29.4 Å². The van der Waals surface area contributed by atoms with E-state index in [9.17, 15) is 4.79 Å². The van der Waals surface area contributed by atoms with Gasteiger partial charge in [0, 0.05) is 30.8 Å². The van der Waals surface area contributed by atoms with Gasteiger partial charge in [-0.3, -0.25) is 4.79 Å². The molecule has 0 saturated heterocycles. The molecule has 35 heavy (non-hydrogen) atoms. The molecule has 0 N–H and O–H groups in total. The molecular weight excluding hydrogens is 460 g/mol. The fraction of sp³-hybridized carbons (Fsp3) is 0.296. The Balaban J connectivity index is 1.34. The van der Waals surface area contributed by atoms with Gasteiger partial charge in [-0.2, -0.15) is 0 Å². The lowest BCUT2D eigenvalue weighted by Gasteiger charge is -2.24. The molecule has 0 atom stereocenters. The number of ether oxygens (including phenoxy) is 2. The first-order valence-electron chi connectivity index (χ1n) is 11.8. The fourth-order valence-corrected chi connectivity index (χ4v) is 4.80. The van der Waals surface area contributed by atoms with Gasteiger partial charge in [-0.1, -0.05) is 60.3 Å². The van der Waals surface area contributed by atoms with E-state index in [0.717, 1.165) is 35.1 Å². The van der Waals surface area contributed by atoms with E-state index >= 15 is 0 Å². The minimum absolute atomic E-state index is 0.0227. The number of carbonyl (C=O) groups excluding carboxylic acids is 1. The second kappa shape index (κ2) is 10.8. The zero-order chi connectivity index (χ0) is 24.0. The molecule has 7 nitrogen and oxygen atoms in total. The Hall–Kier alpha value is -3.52. The third-order valence-corrected chi connectivity index (χ3v) is 6.81. The van der Waals surface area contributed by atoms with Crippen LogP contribution < -0.4 is 14.4 Å². The second-order valence-corrected chi connectivity index (χ2v) is 9.39. The Bertz CT molecular complexity index is 1220. The van der Waals surface area contributed by atoms with Crippen LogP contribution in [0.25, 0.3) is 6.08 Å². The second-order valence-electron chi connectivity index (χ2n) is 8.45. The molecule has 1 aliphatic heterocycles. The lowest BCUT2D eigenvalue weighted by molar-refractivity contribution is -0.116. The van der Waals surface area contributed by atoms with E-state index in [2.05, 4.69) is 21.3 Å². The Labute approximate surface area is 209 Å². The third kappa shape index (κ3) is 5.59. The number of nitrogens with zero attached hydrogens (tertiary/aromatic N) is 4. The average Bonchev–Trinajstić information content (AvgIpc) is 3.66. The number of carbonyl (C=O) groups is 1. The number of hydrogen-bond acceptors (Lipinski definition) is 6. The summed E-state index contributed by atoms with van der Waals surface area (Å²) in [6, 6.07) is 15.7. The largest absolute Gasteiger partial charge is 0.486 e. The van der Waals surface area contributed by atoms with Crippen molar-refractivity contribution in [2.24, 2.45) is 0 Å². The van der Waals surface area contributed by atoms with E-state index in [1.165, 1.54) is 11.8 Å². The number of anilines is 1. The molecule has 0 radical (unpaired) electrons. The van der Waals surface area contributed by atoms with Gasteiger partial charge in [0.1, 0.15) is 19.0 Å². The Kier molecular flexibility index (Phi) is 7.18. The molecule has 8 heteroatoms. The minimum atomic E-state index is -0.0227. The van der Waals surface area contributed by atoms with Crippen molar-refractivity contribution in [3.63, 3.8) is 0 Å². The van der Waals surface area contributed by atoms with Crippen LogP contribution in [0, 0.1) is 0 Å². The number of amides is 1. The number of hydrogen-bond donors (Lipinski definition) is 0. The SMILES string of the molecule is C=CCn1c(SCC(=O)N(C/C=C/c2ccccc2)c2ccc3c(c2)OCCO3)nnc1C1CC1. The number of rotatable bonds is 10. The van der Waals surface area contributed by atoms with Crippen LogP contribution in [0.3, 0.4) is 0 Å². The molecule has 0 unspecified atom stereocenters. The summed E-state index contributed by atoms with van der Waals surface area (Å²) < 4.78 is 13.5. The number of allylic oxidation sites excluding steroid dienone is 1. The zero-order valence-corrected chi connectivity index (χ0v) is 20.3. The molecule has 1 saturated carbocycles. The van der Waals surface area contributed by atoms with Gasteiger partial charge in [0.2, 0.25) is 5.91 Å². The van der Waals surface area contributed by atoms with Gasteiger partial charge < -0.3 is 18.9 Å². The number of aromatic nitrogens is 3. The van der Waals surface area contributed by atoms with Crippen molar-refractivity contribution in [1.82, 2.24) is 14.8 Å². The number of fused-ring (bicyclic) bond motifs is 1. The van der Waals surface area contributed by atoms with Crippen molar-refractivity contribution in [1.29, 1.82) is 0 Å². The molecule has 180 valence electrons. The van der Waals surface area contributed by atoms with Gasteiger partial charge in [-0.05, 0) is 30.5 Å². The summed E-state index contributed by atoms with van der Waals surface area (Å²) in [7, 11) is 0. The van der Waals surface area contributed by atoms with E-state index in [4.69, 9.17) is 9.47 Å². The summed E-state index contributed by atoms with van der Waals surface area (Å²) in [6.07, 6.45) is 8.15. The lowest BCUT2D eigenvalue weighted by Crippen LogP contribution is -2.33. The molecule has 1 amide bonds. The highest BCUT2D eigenvalue weighted by molar-refractivity contribution is 7.99. The summed E-state index contributed by atoms with van der Waals surface area (Å²) in [4.78, 5) is 15.2. The molecule has 0 bridgehead atoms. The summed E-state index contributed by atoms with van der Waals surface area (Å²) in [5, 5.41) is 9.51. The first kappa shape index (κ1) is 23.2. The maximum Gasteiger partial charge on any atom is 0.237 e. The smallest absolute Gasteiger partial charge is 0.237 e. The Morgan fingerprint density at radius 2 is 1.91 bits per heavy atom. The normalized spacial score (nSPS) is 14.7. The van der Waals surface area contributed by atoms with Gasteiger partial charge >= 0.3 is 0 Å². The fourth-order valence-electron chi connectivity index (χ4n) is 3.96. The van der Waals surface area contributed by atoms with Gasteiger partial charge in [0.15, 0.2) is 16.7 Å². The summed E-state index contributed by atoms with van der Waals surface area (Å²) >= 11 is 1.41. The Morgan fingerprint density at radius 3 is 2.69 bits per heavy atom. The summed E-state index contributed by atoms with van der Waals surface area (Å²) in [6.45, 7) is 5.96. The first-order valence-corrected chi connectivity index (χ1v) is 12.8. The van der Waals surface area contributed by atoms with E-state index in [1.807, 2.05) is 66.8 Å². The van der Waals surface area contributed by atoms with Crippen molar-refractivity contribution in [2.45, 2.75) is 30.5 Å². The highest BCUT2D eigenvalue weighted by atomic mass is 32.2. The van der Waals surface area contributed by atoms with E-state index in [0.29, 0.717) is 43.7 Å². The van der Waals surface area contributed by atoms with Crippen molar-refractivity contribution in [2.75, 3.05) is 30.4 Å². The molecule has 1 fully saturated rings. The minimum Gasteiger partial charge on any atom is -0.486 e. The van der Waals surface area contributed by atoms with Crippen LogP contribution in [0.1, 0.15) is 30.1 Å². The monoisotopic (exact) mass is 488 g/mol. The lowest BCUT2D eigenvalue weighted by atomic mass is 10.2. The van der Waals surface area contributed by atoms with Crippen LogP contribution in [0.15, 0.2) is 72.4 Å². The van der Waals surface area contributed by atoms with Crippen LogP contribution >= 0.6 is 11.8 Å². The van der Waals surface area contributed by atoms with Crippen LogP contribution in [-0.2, 0) is 11.3 Å². The molecule has 3 aromatic rings. The molecule has 2 aliphatic rings. The molecule has 1 aliphatic carbocycles. The van der Waals surface area contributed by atoms with E-state index < -0.39 is 0 Å². The number of benzene rings is 2. The van der Waals surface area contributed by atoms with Gasteiger partial charge in [-0.25, -0.2) is 0 Å².